The fraction of sp³-hybridized carbons (Fsp3) is 0.478. The quantitative estimate of drug-likeness (QED) is 0.482. The second-order valence-electron chi connectivity index (χ2n) is 4.10. The molecular formula is C23H41ClO. The van der Waals surface area contributed by atoms with Crippen LogP contribution in [0, 0.1) is 6.92 Å². The number of benzene rings is 1. The van der Waals surface area contributed by atoms with Crippen LogP contribution in [0.3, 0.4) is 0 Å². The van der Waals surface area contributed by atoms with E-state index >= 15 is 0 Å². The maximum Gasteiger partial charge on any atom is 0.119 e. The van der Waals surface area contributed by atoms with Crippen molar-refractivity contribution < 1.29 is 4.74 Å². The number of hydrogen-bond acceptors (Lipinski definition) is 1. The molecule has 0 atom stereocenters. The van der Waals surface area contributed by atoms with Crippen molar-refractivity contribution in [2.45, 2.75) is 69.2 Å². The van der Waals surface area contributed by atoms with Crippen molar-refractivity contribution in [2.24, 2.45) is 0 Å². The predicted octanol–water partition coefficient (Wildman–Crippen LogP) is 8.73. The summed E-state index contributed by atoms with van der Waals surface area (Å²) in [6.45, 7) is 24.3. The summed E-state index contributed by atoms with van der Waals surface area (Å²) in [5.74, 6) is 0.952. The summed E-state index contributed by atoms with van der Waals surface area (Å²) >= 11 is 5.64. The summed E-state index contributed by atoms with van der Waals surface area (Å²) < 4.78 is 5.26. The Bertz CT molecular complexity index is 428. The van der Waals surface area contributed by atoms with Crippen LogP contribution in [0.25, 0.3) is 0 Å². The van der Waals surface area contributed by atoms with Crippen LogP contribution in [0.1, 0.15) is 67.9 Å². The molecule has 0 N–H and O–H groups in total. The molecule has 0 aliphatic carbocycles. The first-order chi connectivity index (χ1) is 12.0. The van der Waals surface area contributed by atoms with Gasteiger partial charge in [0.15, 0.2) is 0 Å². The maximum absolute atomic E-state index is 5.64. The lowest BCUT2D eigenvalue weighted by molar-refractivity contribution is 0.340. The van der Waals surface area contributed by atoms with Crippen molar-refractivity contribution >= 4 is 11.6 Å². The van der Waals surface area contributed by atoms with Gasteiger partial charge in [0, 0.05) is 5.03 Å². The van der Waals surface area contributed by atoms with E-state index in [0.29, 0.717) is 0 Å². The van der Waals surface area contributed by atoms with Crippen molar-refractivity contribution in [1.29, 1.82) is 0 Å². The standard InChI is InChI=1S/C9H12O.C8H11Cl.3C2H6/c1-3-10-9-6-4-8(2)5-7-9;1-4-8(9)6-5-7(2)3;3*1-2/h4-7H,3H2,1-2H3;4-6H,2H2,1,3H3;3*1-2H3/b;6-5-,8-4+;;;. The minimum atomic E-state index is 0.739. The summed E-state index contributed by atoms with van der Waals surface area (Å²) in [4.78, 5) is 0. The third-order valence-electron chi connectivity index (χ3n) is 2.13. The van der Waals surface area contributed by atoms with E-state index in [1.807, 2.05) is 105 Å². The molecule has 1 aromatic carbocycles. The zero-order valence-electron chi connectivity index (χ0n) is 18.2. The molecular weight excluding hydrogens is 328 g/mol. The Morgan fingerprint density at radius 2 is 1.44 bits per heavy atom. The first-order valence-electron chi connectivity index (χ1n) is 9.34. The molecule has 0 fully saturated rings. The lowest BCUT2D eigenvalue weighted by Gasteiger charge is -2.01. The largest absolute Gasteiger partial charge is 0.494 e. The molecule has 0 aliphatic heterocycles. The Morgan fingerprint density at radius 3 is 1.76 bits per heavy atom. The van der Waals surface area contributed by atoms with E-state index in [0.717, 1.165) is 23.0 Å². The van der Waals surface area contributed by atoms with Crippen LogP contribution in [0.5, 0.6) is 5.75 Å². The van der Waals surface area contributed by atoms with Gasteiger partial charge in [-0.15, -0.1) is 0 Å². The van der Waals surface area contributed by atoms with Gasteiger partial charge in [0.05, 0.1) is 6.61 Å². The third kappa shape index (κ3) is 27.7. The minimum Gasteiger partial charge on any atom is -0.494 e. The van der Waals surface area contributed by atoms with E-state index in [1.165, 1.54) is 5.56 Å². The van der Waals surface area contributed by atoms with Crippen LogP contribution >= 0.6 is 11.6 Å². The topological polar surface area (TPSA) is 9.23 Å². The van der Waals surface area contributed by atoms with Gasteiger partial charge >= 0.3 is 0 Å². The van der Waals surface area contributed by atoms with Crippen LogP contribution in [0.15, 0.2) is 59.7 Å². The predicted molar refractivity (Wildman–Crippen MR) is 120 cm³/mol. The van der Waals surface area contributed by atoms with Gasteiger partial charge in [0.2, 0.25) is 0 Å². The van der Waals surface area contributed by atoms with Crippen molar-refractivity contribution in [1.82, 2.24) is 0 Å². The van der Waals surface area contributed by atoms with Crippen molar-refractivity contribution in [3.8, 4) is 5.75 Å². The van der Waals surface area contributed by atoms with Gasteiger partial charge in [0.1, 0.15) is 5.75 Å². The Balaban J connectivity index is -0.000000136. The molecule has 1 nitrogen and oxygen atoms in total. The SMILES string of the molecule is C=C(C)/C=C\C(Cl)=C/C.CC.CC.CC.CCOc1ccc(C)cc1. The molecule has 0 aliphatic rings. The van der Waals surface area contributed by atoms with E-state index in [4.69, 9.17) is 16.3 Å². The van der Waals surface area contributed by atoms with Crippen LogP contribution in [-0.4, -0.2) is 6.61 Å². The van der Waals surface area contributed by atoms with Gasteiger partial charge < -0.3 is 4.74 Å². The van der Waals surface area contributed by atoms with Crippen LogP contribution in [0.2, 0.25) is 0 Å². The number of aryl methyl sites for hydroxylation is 1. The van der Waals surface area contributed by atoms with Gasteiger partial charge in [-0.25, -0.2) is 0 Å². The Kier molecular flexibility index (Phi) is 34.3. The van der Waals surface area contributed by atoms with Crippen LogP contribution in [0.4, 0.5) is 0 Å². The smallest absolute Gasteiger partial charge is 0.119 e. The summed E-state index contributed by atoms with van der Waals surface area (Å²) in [5.41, 5.74) is 2.28. The molecule has 0 spiro atoms. The number of hydrogen-bond donors (Lipinski definition) is 0. The normalized spacial score (nSPS) is 9.00. The molecule has 1 rings (SSSR count). The van der Waals surface area contributed by atoms with E-state index in [1.54, 1.807) is 0 Å². The highest BCUT2D eigenvalue weighted by Crippen LogP contribution is 2.10. The fourth-order valence-electron chi connectivity index (χ4n) is 1.12. The summed E-state index contributed by atoms with van der Waals surface area (Å²) in [6, 6.07) is 8.06. The van der Waals surface area contributed by atoms with E-state index in [-0.39, 0.29) is 0 Å². The van der Waals surface area contributed by atoms with Gasteiger partial charge in [-0.1, -0.05) is 95.1 Å². The molecule has 25 heavy (non-hydrogen) atoms. The zero-order chi connectivity index (χ0) is 20.7. The number of allylic oxidation sites excluding steroid dienone is 5. The summed E-state index contributed by atoms with van der Waals surface area (Å²) in [6.07, 6.45) is 5.53. The van der Waals surface area contributed by atoms with E-state index < -0.39 is 0 Å². The first kappa shape index (κ1) is 31.3. The van der Waals surface area contributed by atoms with Crippen LogP contribution in [-0.2, 0) is 0 Å². The molecule has 0 unspecified atom stereocenters. The Labute approximate surface area is 163 Å². The molecule has 1 aromatic rings. The second kappa shape index (κ2) is 27.4. The first-order valence-corrected chi connectivity index (χ1v) is 9.72. The molecule has 0 heterocycles. The maximum atomic E-state index is 5.64. The van der Waals surface area contributed by atoms with Gasteiger partial charge in [-0.3, -0.25) is 0 Å². The average molecular weight is 369 g/mol. The molecule has 0 amide bonds. The Morgan fingerprint density at radius 1 is 1.00 bits per heavy atom. The molecule has 0 radical (unpaired) electrons. The summed E-state index contributed by atoms with van der Waals surface area (Å²) in [7, 11) is 0. The van der Waals surface area contributed by atoms with Crippen molar-refractivity contribution in [3.63, 3.8) is 0 Å². The molecule has 0 bridgehead atoms. The third-order valence-corrected chi connectivity index (χ3v) is 2.48. The van der Waals surface area contributed by atoms with Gasteiger partial charge in [-0.05, 0) is 45.9 Å². The van der Waals surface area contributed by atoms with Crippen molar-refractivity contribution in [3.05, 3.63) is 65.2 Å². The number of rotatable bonds is 4. The zero-order valence-corrected chi connectivity index (χ0v) is 19.0. The monoisotopic (exact) mass is 368 g/mol. The molecule has 146 valence electrons. The highest BCUT2D eigenvalue weighted by molar-refractivity contribution is 6.31. The lowest BCUT2D eigenvalue weighted by atomic mass is 10.2. The molecule has 0 saturated carbocycles. The molecule has 2 heteroatoms. The number of halogens is 1. The average Bonchev–Trinajstić information content (AvgIpc) is 2.67. The van der Waals surface area contributed by atoms with Gasteiger partial charge in [-0.2, -0.15) is 0 Å². The second-order valence-corrected chi connectivity index (χ2v) is 4.54. The lowest BCUT2D eigenvalue weighted by Crippen LogP contribution is -1.90. The van der Waals surface area contributed by atoms with E-state index in [2.05, 4.69) is 13.5 Å². The highest BCUT2D eigenvalue weighted by Gasteiger charge is 1.88. The highest BCUT2D eigenvalue weighted by atomic mass is 35.5. The molecule has 0 saturated heterocycles. The molecule has 0 aromatic heterocycles. The van der Waals surface area contributed by atoms with E-state index in [9.17, 15) is 0 Å². The Hall–Kier alpha value is -1.47. The fourth-order valence-corrected chi connectivity index (χ4v) is 1.18. The van der Waals surface area contributed by atoms with Crippen molar-refractivity contribution in [2.75, 3.05) is 6.61 Å². The number of ether oxygens (including phenoxy) is 1. The summed E-state index contributed by atoms with van der Waals surface area (Å²) in [5, 5.41) is 0.748. The minimum absolute atomic E-state index is 0.739. The van der Waals surface area contributed by atoms with Crippen LogP contribution < -0.4 is 4.74 Å². The van der Waals surface area contributed by atoms with Gasteiger partial charge in [0.25, 0.3) is 0 Å².